The monoisotopic (exact) mass is 312 g/mol. The minimum atomic E-state index is -0.270. The molecule has 1 amide bonds. The van der Waals surface area contributed by atoms with Gasteiger partial charge in [-0.05, 0) is 43.5 Å². The Morgan fingerprint density at radius 3 is 2.74 bits per heavy atom. The molecule has 1 aliphatic carbocycles. The molecule has 2 unspecified atom stereocenters. The van der Waals surface area contributed by atoms with Gasteiger partial charge in [0.15, 0.2) is 0 Å². The van der Waals surface area contributed by atoms with Crippen molar-refractivity contribution in [3.63, 3.8) is 0 Å². The summed E-state index contributed by atoms with van der Waals surface area (Å²) in [5, 5.41) is 7.19. The number of hydrogen-bond donors (Lipinski definition) is 2. The Morgan fingerprint density at radius 2 is 2.00 bits per heavy atom. The second-order valence-electron chi connectivity index (χ2n) is 5.81. The van der Waals surface area contributed by atoms with Crippen molar-refractivity contribution < 1.29 is 4.79 Å². The molecule has 120 valence electrons. The molecule has 0 bridgehead atoms. The van der Waals surface area contributed by atoms with Crippen LogP contribution in [0.2, 0.25) is 0 Å². The highest BCUT2D eigenvalue weighted by atomic mass is 16.2. The van der Waals surface area contributed by atoms with Crippen LogP contribution >= 0.6 is 0 Å². The summed E-state index contributed by atoms with van der Waals surface area (Å²) >= 11 is 0. The molecule has 1 aromatic heterocycles. The van der Waals surface area contributed by atoms with Crippen molar-refractivity contribution in [3.05, 3.63) is 58.5 Å². The Kier molecular flexibility index (Phi) is 4.52. The van der Waals surface area contributed by atoms with Gasteiger partial charge in [0.25, 0.3) is 11.5 Å². The molecule has 1 fully saturated rings. The Hall–Kier alpha value is -2.47. The van der Waals surface area contributed by atoms with Crippen molar-refractivity contribution in [2.24, 2.45) is 11.7 Å². The number of nitrogens with zero attached hydrogens (tertiary/aromatic N) is 2. The van der Waals surface area contributed by atoms with Crippen molar-refractivity contribution in [2.75, 3.05) is 6.54 Å². The van der Waals surface area contributed by atoms with E-state index >= 15 is 0 Å². The maximum atomic E-state index is 12.4. The van der Waals surface area contributed by atoms with Gasteiger partial charge >= 0.3 is 0 Å². The van der Waals surface area contributed by atoms with Gasteiger partial charge in [-0.1, -0.05) is 24.6 Å². The quantitative estimate of drug-likeness (QED) is 0.884. The lowest BCUT2D eigenvalue weighted by Crippen LogP contribution is -2.40. The number of carbonyl (C=O) groups excluding carboxylic acids is 1. The first-order valence-electron chi connectivity index (χ1n) is 7.86. The van der Waals surface area contributed by atoms with Crippen molar-refractivity contribution in [1.82, 2.24) is 15.1 Å². The summed E-state index contributed by atoms with van der Waals surface area (Å²) in [5.74, 6) is 0.0546. The van der Waals surface area contributed by atoms with Crippen LogP contribution in [0.25, 0.3) is 5.69 Å². The molecular weight excluding hydrogens is 292 g/mol. The maximum absolute atomic E-state index is 12.4. The van der Waals surface area contributed by atoms with Gasteiger partial charge in [0, 0.05) is 12.1 Å². The molecule has 2 atom stereocenters. The maximum Gasteiger partial charge on any atom is 0.271 e. The molecule has 0 saturated heterocycles. The molecule has 0 spiro atoms. The molecule has 1 aliphatic rings. The highest BCUT2D eigenvalue weighted by molar-refractivity contribution is 5.92. The molecule has 0 radical (unpaired) electrons. The first-order valence-corrected chi connectivity index (χ1v) is 7.86. The fourth-order valence-corrected chi connectivity index (χ4v) is 3.04. The zero-order valence-corrected chi connectivity index (χ0v) is 12.8. The summed E-state index contributed by atoms with van der Waals surface area (Å²) in [4.78, 5) is 24.4. The molecule has 1 saturated carbocycles. The van der Waals surface area contributed by atoms with Gasteiger partial charge in [0.05, 0.1) is 5.69 Å². The van der Waals surface area contributed by atoms with Crippen LogP contribution in [-0.2, 0) is 0 Å². The number of carbonyl (C=O) groups is 1. The van der Waals surface area contributed by atoms with Gasteiger partial charge in [0.1, 0.15) is 5.69 Å². The number of benzene rings is 1. The second kappa shape index (κ2) is 6.75. The predicted octanol–water partition coefficient (Wildman–Crippen LogP) is 1.09. The van der Waals surface area contributed by atoms with E-state index in [1.54, 1.807) is 12.1 Å². The molecule has 6 nitrogen and oxygen atoms in total. The molecule has 3 N–H and O–H groups in total. The van der Waals surface area contributed by atoms with Crippen LogP contribution in [0.1, 0.15) is 29.8 Å². The summed E-state index contributed by atoms with van der Waals surface area (Å²) in [6, 6.07) is 12.0. The molecule has 23 heavy (non-hydrogen) atoms. The van der Waals surface area contributed by atoms with E-state index in [2.05, 4.69) is 10.4 Å². The summed E-state index contributed by atoms with van der Waals surface area (Å²) in [5.41, 5.74) is 6.34. The lowest BCUT2D eigenvalue weighted by Gasteiger charge is -2.19. The molecular formula is C17H20N4O2. The SMILES string of the molecule is NCC1CCCC1NC(=O)c1ccc(=O)n(-c2ccccc2)n1. The number of hydrogen-bond acceptors (Lipinski definition) is 4. The summed E-state index contributed by atoms with van der Waals surface area (Å²) < 4.78 is 1.24. The van der Waals surface area contributed by atoms with E-state index in [4.69, 9.17) is 5.73 Å². The van der Waals surface area contributed by atoms with E-state index in [0.29, 0.717) is 18.2 Å². The van der Waals surface area contributed by atoms with Gasteiger partial charge in [-0.25, -0.2) is 0 Å². The summed E-state index contributed by atoms with van der Waals surface area (Å²) in [7, 11) is 0. The largest absolute Gasteiger partial charge is 0.348 e. The minimum absolute atomic E-state index is 0.0893. The summed E-state index contributed by atoms with van der Waals surface area (Å²) in [6.07, 6.45) is 3.05. The number of para-hydroxylation sites is 1. The fourth-order valence-electron chi connectivity index (χ4n) is 3.04. The zero-order valence-electron chi connectivity index (χ0n) is 12.8. The summed E-state index contributed by atoms with van der Waals surface area (Å²) in [6.45, 7) is 0.571. The predicted molar refractivity (Wildman–Crippen MR) is 87.5 cm³/mol. The highest BCUT2D eigenvalue weighted by Crippen LogP contribution is 2.24. The molecule has 2 aromatic rings. The van der Waals surface area contributed by atoms with Gasteiger partial charge in [-0.3, -0.25) is 9.59 Å². The van der Waals surface area contributed by atoms with Crippen molar-refractivity contribution in [3.8, 4) is 5.69 Å². The number of nitrogens with one attached hydrogen (secondary N) is 1. The van der Waals surface area contributed by atoms with Gasteiger partial charge in [-0.2, -0.15) is 9.78 Å². The standard InChI is InChI=1S/C17H20N4O2/c18-11-12-5-4-8-14(12)19-17(23)15-9-10-16(22)21(20-15)13-6-2-1-3-7-13/h1-3,6-7,9-10,12,14H,4-5,8,11,18H2,(H,19,23). The molecule has 1 heterocycles. The zero-order chi connectivity index (χ0) is 16.2. The van der Waals surface area contributed by atoms with Crippen LogP contribution < -0.4 is 16.6 Å². The topological polar surface area (TPSA) is 90.0 Å². The normalized spacial score (nSPS) is 20.4. The van der Waals surface area contributed by atoms with Crippen LogP contribution in [0, 0.1) is 5.92 Å². The Morgan fingerprint density at radius 1 is 1.22 bits per heavy atom. The number of aromatic nitrogens is 2. The molecule has 6 heteroatoms. The molecule has 3 rings (SSSR count). The Labute approximate surface area is 134 Å². The van der Waals surface area contributed by atoms with Crippen LogP contribution in [0.3, 0.4) is 0 Å². The second-order valence-corrected chi connectivity index (χ2v) is 5.81. The van der Waals surface area contributed by atoms with E-state index in [9.17, 15) is 9.59 Å². The average Bonchev–Trinajstić information content (AvgIpc) is 3.03. The molecule has 0 aliphatic heterocycles. The van der Waals surface area contributed by atoms with E-state index in [1.165, 1.54) is 16.8 Å². The first-order chi connectivity index (χ1) is 11.2. The Balaban J connectivity index is 1.83. The fraction of sp³-hybridized carbons (Fsp3) is 0.353. The third-order valence-electron chi connectivity index (χ3n) is 4.31. The average molecular weight is 312 g/mol. The lowest BCUT2D eigenvalue weighted by atomic mass is 10.0. The highest BCUT2D eigenvalue weighted by Gasteiger charge is 2.28. The van der Waals surface area contributed by atoms with Gasteiger partial charge < -0.3 is 11.1 Å². The number of rotatable bonds is 4. The van der Waals surface area contributed by atoms with E-state index in [0.717, 1.165) is 19.3 Å². The van der Waals surface area contributed by atoms with E-state index in [1.807, 2.05) is 18.2 Å². The molecule has 1 aromatic carbocycles. The Bertz CT molecular complexity index is 742. The van der Waals surface area contributed by atoms with E-state index in [-0.39, 0.29) is 23.2 Å². The van der Waals surface area contributed by atoms with Crippen LogP contribution in [0.5, 0.6) is 0 Å². The van der Waals surface area contributed by atoms with Crippen molar-refractivity contribution in [2.45, 2.75) is 25.3 Å². The minimum Gasteiger partial charge on any atom is -0.348 e. The lowest BCUT2D eigenvalue weighted by molar-refractivity contribution is 0.0922. The van der Waals surface area contributed by atoms with Crippen LogP contribution in [0.4, 0.5) is 0 Å². The third kappa shape index (κ3) is 3.32. The smallest absolute Gasteiger partial charge is 0.271 e. The first kappa shape index (κ1) is 15.4. The third-order valence-corrected chi connectivity index (χ3v) is 4.31. The van der Waals surface area contributed by atoms with E-state index < -0.39 is 0 Å². The number of amides is 1. The van der Waals surface area contributed by atoms with Gasteiger partial charge in [-0.15, -0.1) is 0 Å². The number of nitrogens with two attached hydrogens (primary N) is 1. The van der Waals surface area contributed by atoms with Crippen molar-refractivity contribution >= 4 is 5.91 Å². The van der Waals surface area contributed by atoms with Crippen LogP contribution in [0.15, 0.2) is 47.3 Å². The van der Waals surface area contributed by atoms with Gasteiger partial charge in [0.2, 0.25) is 0 Å². The van der Waals surface area contributed by atoms with Crippen LogP contribution in [-0.4, -0.2) is 28.3 Å². The van der Waals surface area contributed by atoms with Crippen molar-refractivity contribution in [1.29, 1.82) is 0 Å².